The number of benzene rings is 2. The summed E-state index contributed by atoms with van der Waals surface area (Å²) in [6.07, 6.45) is 0.0212. The molecule has 0 spiro atoms. The highest BCUT2D eigenvalue weighted by atomic mass is 32.1. The molecule has 5 heteroatoms. The monoisotopic (exact) mass is 286 g/mol. The number of nitrogens with one attached hydrogen (secondary N) is 1. The second-order valence-electron chi connectivity index (χ2n) is 4.35. The first-order valence-corrected chi connectivity index (χ1v) is 6.97. The lowest BCUT2D eigenvalue weighted by Gasteiger charge is -2.06. The lowest BCUT2D eigenvalue weighted by atomic mass is 10.1. The fourth-order valence-corrected chi connectivity index (χ4v) is 2.67. The van der Waals surface area contributed by atoms with Gasteiger partial charge in [-0.2, -0.15) is 0 Å². The van der Waals surface area contributed by atoms with Gasteiger partial charge in [0.25, 0.3) is 0 Å². The van der Waals surface area contributed by atoms with Crippen LogP contribution in [-0.2, 0) is 11.2 Å². The first-order valence-electron chi connectivity index (χ1n) is 6.09. The molecule has 0 aliphatic carbocycles. The van der Waals surface area contributed by atoms with Gasteiger partial charge in [0.15, 0.2) is 0 Å². The maximum atomic E-state index is 13.5. The van der Waals surface area contributed by atoms with Gasteiger partial charge in [-0.1, -0.05) is 18.2 Å². The quantitative estimate of drug-likeness (QED) is 0.799. The molecule has 1 aromatic heterocycles. The van der Waals surface area contributed by atoms with Crippen LogP contribution in [0.25, 0.3) is 10.2 Å². The summed E-state index contributed by atoms with van der Waals surface area (Å²) < 4.78 is 14.5. The van der Waals surface area contributed by atoms with Gasteiger partial charge < -0.3 is 5.32 Å². The van der Waals surface area contributed by atoms with E-state index in [1.54, 1.807) is 29.8 Å². The summed E-state index contributed by atoms with van der Waals surface area (Å²) in [6, 6.07) is 11.8. The lowest BCUT2D eigenvalue weighted by Crippen LogP contribution is -2.15. The normalized spacial score (nSPS) is 10.7. The molecule has 1 heterocycles. The molecule has 0 aliphatic rings. The third-order valence-corrected chi connectivity index (χ3v) is 3.72. The summed E-state index contributed by atoms with van der Waals surface area (Å²) in [5.41, 5.74) is 3.75. The SMILES string of the molecule is O=C(Cc1ccccc1F)Nc1ccc2ncsc2c1. The Labute approximate surface area is 119 Å². The Balaban J connectivity index is 1.74. The Hall–Kier alpha value is -2.27. The number of rotatable bonds is 3. The van der Waals surface area contributed by atoms with Crippen molar-refractivity contribution in [2.45, 2.75) is 6.42 Å². The van der Waals surface area contributed by atoms with E-state index < -0.39 is 0 Å². The highest BCUT2D eigenvalue weighted by Gasteiger charge is 2.08. The summed E-state index contributed by atoms with van der Waals surface area (Å²) in [5, 5.41) is 2.77. The Morgan fingerprint density at radius 1 is 1.25 bits per heavy atom. The number of hydrogen-bond donors (Lipinski definition) is 1. The Bertz CT molecular complexity index is 769. The van der Waals surface area contributed by atoms with Crippen LogP contribution in [0.2, 0.25) is 0 Å². The largest absolute Gasteiger partial charge is 0.326 e. The van der Waals surface area contributed by atoms with E-state index in [-0.39, 0.29) is 18.1 Å². The summed E-state index contributed by atoms with van der Waals surface area (Å²) in [6.45, 7) is 0. The van der Waals surface area contributed by atoms with Gasteiger partial charge in [0.05, 0.1) is 22.1 Å². The van der Waals surface area contributed by atoms with Gasteiger partial charge in [-0.05, 0) is 29.8 Å². The number of amides is 1. The van der Waals surface area contributed by atoms with Crippen molar-refractivity contribution >= 4 is 33.1 Å². The number of thiazole rings is 1. The number of hydrogen-bond acceptors (Lipinski definition) is 3. The van der Waals surface area contributed by atoms with Gasteiger partial charge in [-0.15, -0.1) is 11.3 Å². The molecule has 2 aromatic carbocycles. The molecule has 0 atom stereocenters. The predicted molar refractivity (Wildman–Crippen MR) is 78.4 cm³/mol. The number of anilines is 1. The highest BCUT2D eigenvalue weighted by Crippen LogP contribution is 2.22. The molecule has 0 fully saturated rings. The number of aromatic nitrogens is 1. The minimum absolute atomic E-state index is 0.0212. The molecule has 3 aromatic rings. The van der Waals surface area contributed by atoms with Gasteiger partial charge in [0, 0.05) is 5.69 Å². The average Bonchev–Trinajstić information content (AvgIpc) is 2.89. The second-order valence-corrected chi connectivity index (χ2v) is 5.24. The van der Waals surface area contributed by atoms with Crippen LogP contribution >= 0.6 is 11.3 Å². The van der Waals surface area contributed by atoms with Crippen molar-refractivity contribution in [3.8, 4) is 0 Å². The van der Waals surface area contributed by atoms with E-state index >= 15 is 0 Å². The first-order chi connectivity index (χ1) is 9.72. The molecule has 3 nitrogen and oxygen atoms in total. The number of carbonyl (C=O) groups excluding carboxylic acids is 1. The van der Waals surface area contributed by atoms with Crippen molar-refractivity contribution in [2.75, 3.05) is 5.32 Å². The van der Waals surface area contributed by atoms with E-state index in [1.165, 1.54) is 17.4 Å². The molecule has 1 N–H and O–H groups in total. The number of halogens is 1. The van der Waals surface area contributed by atoms with Crippen LogP contribution in [0.1, 0.15) is 5.56 Å². The summed E-state index contributed by atoms with van der Waals surface area (Å²) in [7, 11) is 0. The molecular formula is C15H11FN2OS. The summed E-state index contributed by atoms with van der Waals surface area (Å²) in [4.78, 5) is 16.1. The first kappa shape index (κ1) is 12.7. The predicted octanol–water partition coefficient (Wildman–Crippen LogP) is 3.62. The smallest absolute Gasteiger partial charge is 0.228 e. The van der Waals surface area contributed by atoms with Crippen LogP contribution in [0.4, 0.5) is 10.1 Å². The third kappa shape index (κ3) is 2.67. The zero-order chi connectivity index (χ0) is 13.9. The summed E-state index contributed by atoms with van der Waals surface area (Å²) in [5.74, 6) is -0.598. The van der Waals surface area contributed by atoms with Crippen LogP contribution in [0, 0.1) is 5.82 Å². The molecular weight excluding hydrogens is 275 g/mol. The van der Waals surface area contributed by atoms with Crippen molar-refractivity contribution in [1.82, 2.24) is 4.98 Å². The van der Waals surface area contributed by atoms with Crippen molar-refractivity contribution in [3.63, 3.8) is 0 Å². The van der Waals surface area contributed by atoms with Gasteiger partial charge in [-0.25, -0.2) is 9.37 Å². The Kier molecular flexibility index (Phi) is 3.43. The molecule has 0 saturated heterocycles. The zero-order valence-corrected chi connectivity index (χ0v) is 11.3. The number of nitrogens with zero attached hydrogens (tertiary/aromatic N) is 1. The van der Waals surface area contributed by atoms with Crippen molar-refractivity contribution in [3.05, 3.63) is 59.4 Å². The fraction of sp³-hybridized carbons (Fsp3) is 0.0667. The van der Waals surface area contributed by atoms with Crippen molar-refractivity contribution < 1.29 is 9.18 Å². The van der Waals surface area contributed by atoms with Gasteiger partial charge >= 0.3 is 0 Å². The minimum Gasteiger partial charge on any atom is -0.326 e. The van der Waals surface area contributed by atoms with Crippen molar-refractivity contribution in [2.24, 2.45) is 0 Å². The van der Waals surface area contributed by atoms with Gasteiger partial charge in [0.2, 0.25) is 5.91 Å². The Morgan fingerprint density at radius 2 is 2.10 bits per heavy atom. The molecule has 100 valence electrons. The molecule has 0 radical (unpaired) electrons. The fourth-order valence-electron chi connectivity index (χ4n) is 1.95. The minimum atomic E-state index is -0.361. The number of carbonyl (C=O) groups is 1. The number of fused-ring (bicyclic) bond motifs is 1. The van der Waals surface area contributed by atoms with E-state index in [4.69, 9.17) is 0 Å². The molecule has 0 saturated carbocycles. The second kappa shape index (κ2) is 5.38. The van der Waals surface area contributed by atoms with Gasteiger partial charge in [0.1, 0.15) is 5.82 Å². The topological polar surface area (TPSA) is 42.0 Å². The van der Waals surface area contributed by atoms with Crippen LogP contribution in [-0.4, -0.2) is 10.9 Å². The Morgan fingerprint density at radius 3 is 2.95 bits per heavy atom. The van der Waals surface area contributed by atoms with E-state index in [1.807, 2.05) is 12.1 Å². The molecule has 0 bridgehead atoms. The lowest BCUT2D eigenvalue weighted by molar-refractivity contribution is -0.115. The molecule has 0 aliphatic heterocycles. The van der Waals surface area contributed by atoms with E-state index in [9.17, 15) is 9.18 Å². The molecule has 1 amide bonds. The van der Waals surface area contributed by atoms with Crippen LogP contribution in [0.3, 0.4) is 0 Å². The van der Waals surface area contributed by atoms with Gasteiger partial charge in [-0.3, -0.25) is 4.79 Å². The third-order valence-electron chi connectivity index (χ3n) is 2.92. The highest BCUT2D eigenvalue weighted by molar-refractivity contribution is 7.16. The van der Waals surface area contributed by atoms with Crippen LogP contribution in [0.15, 0.2) is 48.0 Å². The standard InChI is InChI=1S/C15H11FN2OS/c16-12-4-2-1-3-10(12)7-15(19)18-11-5-6-13-14(8-11)20-9-17-13/h1-6,8-9H,7H2,(H,18,19). The van der Waals surface area contributed by atoms with Crippen LogP contribution in [0.5, 0.6) is 0 Å². The van der Waals surface area contributed by atoms with Crippen molar-refractivity contribution in [1.29, 1.82) is 0 Å². The maximum absolute atomic E-state index is 13.5. The zero-order valence-electron chi connectivity index (χ0n) is 10.5. The van der Waals surface area contributed by atoms with Crippen LogP contribution < -0.4 is 5.32 Å². The molecule has 3 rings (SSSR count). The van der Waals surface area contributed by atoms with E-state index in [2.05, 4.69) is 10.3 Å². The van der Waals surface area contributed by atoms with E-state index in [0.717, 1.165) is 10.2 Å². The molecule has 20 heavy (non-hydrogen) atoms. The maximum Gasteiger partial charge on any atom is 0.228 e. The molecule has 0 unspecified atom stereocenters. The summed E-state index contributed by atoms with van der Waals surface area (Å²) >= 11 is 1.51. The van der Waals surface area contributed by atoms with E-state index in [0.29, 0.717) is 11.3 Å². The average molecular weight is 286 g/mol.